The average Bonchev–Trinajstić information content (AvgIpc) is 2.17. The number of hydrogen-bond acceptors (Lipinski definition) is 2. The van der Waals surface area contributed by atoms with E-state index in [-0.39, 0.29) is 18.0 Å². The van der Waals surface area contributed by atoms with Crippen LogP contribution in [-0.2, 0) is 0 Å². The number of ether oxygens (including phenoxy) is 1. The van der Waals surface area contributed by atoms with Crippen molar-refractivity contribution in [3.8, 4) is 5.75 Å². The van der Waals surface area contributed by atoms with E-state index in [1.807, 2.05) is 20.8 Å². The van der Waals surface area contributed by atoms with Gasteiger partial charge >= 0.3 is 0 Å². The Morgan fingerprint density at radius 3 is 2.60 bits per heavy atom. The van der Waals surface area contributed by atoms with E-state index in [2.05, 4.69) is 0 Å². The Bertz CT molecular complexity index is 325. The van der Waals surface area contributed by atoms with Crippen LogP contribution in [0.5, 0.6) is 5.75 Å². The zero-order chi connectivity index (χ0) is 11.4. The first-order valence-electron chi connectivity index (χ1n) is 5.26. The Morgan fingerprint density at radius 2 is 2.07 bits per heavy atom. The van der Waals surface area contributed by atoms with Crippen LogP contribution in [0.4, 0.5) is 4.39 Å². The van der Waals surface area contributed by atoms with Crippen LogP contribution in [0.2, 0.25) is 0 Å². The number of benzene rings is 1. The molecule has 0 saturated heterocycles. The molecule has 0 aliphatic carbocycles. The number of rotatable bonds is 4. The molecule has 2 unspecified atom stereocenters. The van der Waals surface area contributed by atoms with Gasteiger partial charge in [0.05, 0.1) is 6.10 Å². The van der Waals surface area contributed by atoms with E-state index in [0.717, 1.165) is 12.0 Å². The van der Waals surface area contributed by atoms with Crippen LogP contribution in [0, 0.1) is 5.82 Å². The Balaban J connectivity index is 2.96. The van der Waals surface area contributed by atoms with Gasteiger partial charge in [0, 0.05) is 17.7 Å². The molecule has 2 atom stereocenters. The molecular formula is C12H18FNO. The van der Waals surface area contributed by atoms with Crippen molar-refractivity contribution >= 4 is 0 Å². The van der Waals surface area contributed by atoms with E-state index in [1.165, 1.54) is 12.1 Å². The van der Waals surface area contributed by atoms with Crippen molar-refractivity contribution in [1.29, 1.82) is 0 Å². The molecule has 0 heterocycles. The largest absolute Gasteiger partial charge is 0.490 e. The highest BCUT2D eigenvalue weighted by molar-refractivity contribution is 5.36. The van der Waals surface area contributed by atoms with Crippen molar-refractivity contribution in [1.82, 2.24) is 0 Å². The molecule has 15 heavy (non-hydrogen) atoms. The molecule has 0 saturated carbocycles. The summed E-state index contributed by atoms with van der Waals surface area (Å²) in [5.74, 6) is 0.261. The van der Waals surface area contributed by atoms with Crippen molar-refractivity contribution < 1.29 is 9.13 Å². The maximum Gasteiger partial charge on any atom is 0.127 e. The second-order valence-corrected chi connectivity index (χ2v) is 3.81. The average molecular weight is 211 g/mol. The molecule has 2 N–H and O–H groups in total. The molecule has 0 aliphatic heterocycles. The van der Waals surface area contributed by atoms with Gasteiger partial charge in [-0.1, -0.05) is 13.0 Å². The molecule has 1 rings (SSSR count). The predicted molar refractivity (Wildman–Crippen MR) is 59.4 cm³/mol. The van der Waals surface area contributed by atoms with Gasteiger partial charge in [0.25, 0.3) is 0 Å². The van der Waals surface area contributed by atoms with Crippen LogP contribution in [0.25, 0.3) is 0 Å². The van der Waals surface area contributed by atoms with Crippen molar-refractivity contribution in [3.63, 3.8) is 0 Å². The lowest BCUT2D eigenvalue weighted by Gasteiger charge is -2.17. The summed E-state index contributed by atoms with van der Waals surface area (Å²) in [5, 5.41) is 0. The third-order valence-electron chi connectivity index (χ3n) is 2.37. The highest BCUT2D eigenvalue weighted by atomic mass is 19.1. The number of nitrogens with two attached hydrogens (primary N) is 1. The molecule has 1 aromatic rings. The molecular weight excluding hydrogens is 193 g/mol. The number of hydrogen-bond donors (Lipinski definition) is 1. The number of halogens is 1. The third-order valence-corrected chi connectivity index (χ3v) is 2.37. The van der Waals surface area contributed by atoms with Crippen LogP contribution in [0.15, 0.2) is 18.2 Å². The minimum absolute atomic E-state index is 0.0734. The van der Waals surface area contributed by atoms with Gasteiger partial charge in [-0.15, -0.1) is 0 Å². The summed E-state index contributed by atoms with van der Waals surface area (Å²) >= 11 is 0. The third kappa shape index (κ3) is 3.20. The van der Waals surface area contributed by atoms with E-state index in [4.69, 9.17) is 10.5 Å². The first-order valence-corrected chi connectivity index (χ1v) is 5.26. The molecule has 3 heteroatoms. The summed E-state index contributed by atoms with van der Waals surface area (Å²) in [7, 11) is 0. The predicted octanol–water partition coefficient (Wildman–Crippen LogP) is 3.02. The van der Waals surface area contributed by atoms with Gasteiger partial charge in [-0.2, -0.15) is 0 Å². The molecule has 84 valence electrons. The van der Waals surface area contributed by atoms with Crippen molar-refractivity contribution in [2.45, 2.75) is 39.3 Å². The first-order chi connectivity index (χ1) is 7.04. The van der Waals surface area contributed by atoms with Gasteiger partial charge < -0.3 is 10.5 Å². The minimum atomic E-state index is -0.294. The minimum Gasteiger partial charge on any atom is -0.490 e. The molecule has 0 fully saturated rings. The van der Waals surface area contributed by atoms with Gasteiger partial charge in [0.15, 0.2) is 0 Å². The Hall–Kier alpha value is -1.09. The van der Waals surface area contributed by atoms with Crippen LogP contribution in [0.1, 0.15) is 38.8 Å². The topological polar surface area (TPSA) is 35.2 Å². The van der Waals surface area contributed by atoms with E-state index in [0.29, 0.717) is 5.75 Å². The maximum atomic E-state index is 13.0. The second kappa shape index (κ2) is 5.12. The van der Waals surface area contributed by atoms with E-state index in [1.54, 1.807) is 6.07 Å². The maximum absolute atomic E-state index is 13.0. The zero-order valence-corrected chi connectivity index (χ0v) is 9.46. The van der Waals surface area contributed by atoms with Gasteiger partial charge in [-0.25, -0.2) is 4.39 Å². The van der Waals surface area contributed by atoms with Crippen LogP contribution in [0.3, 0.4) is 0 Å². The van der Waals surface area contributed by atoms with Gasteiger partial charge in [-0.3, -0.25) is 0 Å². The van der Waals surface area contributed by atoms with Crippen LogP contribution < -0.4 is 10.5 Å². The van der Waals surface area contributed by atoms with Crippen LogP contribution in [-0.4, -0.2) is 6.10 Å². The molecule has 0 radical (unpaired) electrons. The molecule has 0 amide bonds. The summed E-state index contributed by atoms with van der Waals surface area (Å²) in [6.45, 7) is 5.84. The Kier molecular flexibility index (Phi) is 4.09. The fourth-order valence-electron chi connectivity index (χ4n) is 1.29. The van der Waals surface area contributed by atoms with Gasteiger partial charge in [0.1, 0.15) is 11.6 Å². The first kappa shape index (κ1) is 12.0. The molecule has 0 spiro atoms. The fraction of sp³-hybridized carbons (Fsp3) is 0.500. The van der Waals surface area contributed by atoms with Crippen molar-refractivity contribution in [3.05, 3.63) is 29.6 Å². The Morgan fingerprint density at radius 1 is 1.40 bits per heavy atom. The summed E-state index contributed by atoms with van der Waals surface area (Å²) < 4.78 is 18.7. The summed E-state index contributed by atoms with van der Waals surface area (Å²) in [6, 6.07) is 4.33. The van der Waals surface area contributed by atoms with Gasteiger partial charge in [-0.05, 0) is 26.3 Å². The smallest absolute Gasteiger partial charge is 0.127 e. The summed E-state index contributed by atoms with van der Waals surface area (Å²) in [5.41, 5.74) is 6.62. The highest BCUT2D eigenvalue weighted by Gasteiger charge is 2.11. The zero-order valence-electron chi connectivity index (χ0n) is 9.46. The Labute approximate surface area is 90.2 Å². The fourth-order valence-corrected chi connectivity index (χ4v) is 1.29. The van der Waals surface area contributed by atoms with Crippen molar-refractivity contribution in [2.75, 3.05) is 0 Å². The lowest BCUT2D eigenvalue weighted by atomic mass is 10.1. The lowest BCUT2D eigenvalue weighted by molar-refractivity contribution is 0.213. The normalized spacial score (nSPS) is 14.7. The second-order valence-electron chi connectivity index (χ2n) is 3.81. The molecule has 2 nitrogen and oxygen atoms in total. The van der Waals surface area contributed by atoms with E-state index >= 15 is 0 Å². The standard InChI is InChI=1S/C12H18FNO/c1-4-8(2)15-12-7-10(13)5-6-11(12)9(3)14/h5-9H,4,14H2,1-3H3. The summed E-state index contributed by atoms with van der Waals surface area (Å²) in [6.07, 6.45) is 0.957. The lowest BCUT2D eigenvalue weighted by Crippen LogP contribution is -2.14. The van der Waals surface area contributed by atoms with Crippen LogP contribution >= 0.6 is 0 Å². The SMILES string of the molecule is CCC(C)Oc1cc(F)ccc1C(C)N. The quantitative estimate of drug-likeness (QED) is 0.830. The molecule has 0 bridgehead atoms. The monoisotopic (exact) mass is 211 g/mol. The van der Waals surface area contributed by atoms with E-state index in [9.17, 15) is 4.39 Å². The highest BCUT2D eigenvalue weighted by Crippen LogP contribution is 2.26. The van der Waals surface area contributed by atoms with Crippen molar-refractivity contribution in [2.24, 2.45) is 5.73 Å². The summed E-state index contributed by atoms with van der Waals surface area (Å²) in [4.78, 5) is 0. The molecule has 1 aromatic carbocycles. The van der Waals surface area contributed by atoms with E-state index < -0.39 is 0 Å². The molecule has 0 aromatic heterocycles. The van der Waals surface area contributed by atoms with Gasteiger partial charge in [0.2, 0.25) is 0 Å². The molecule has 0 aliphatic rings.